The molecule has 12 heteroatoms. The Bertz CT molecular complexity index is 1390. The smallest absolute Gasteiger partial charge is 0.325 e. The first-order chi connectivity index (χ1) is 15.9. The molecule has 0 unspecified atom stereocenters. The Labute approximate surface area is 195 Å². The minimum absolute atomic E-state index is 0.00985. The van der Waals surface area contributed by atoms with Crippen molar-refractivity contribution in [1.82, 2.24) is 24.7 Å². The first kappa shape index (κ1) is 22.5. The van der Waals surface area contributed by atoms with Gasteiger partial charge in [-0.15, -0.1) is 10.2 Å². The second-order valence-electron chi connectivity index (χ2n) is 6.85. The lowest BCUT2D eigenvalue weighted by Crippen LogP contribution is -2.23. The van der Waals surface area contributed by atoms with Crippen molar-refractivity contribution in [2.45, 2.75) is 11.6 Å². The molecule has 9 nitrogen and oxygen atoms in total. The second kappa shape index (κ2) is 9.84. The Kier molecular flexibility index (Phi) is 6.71. The van der Waals surface area contributed by atoms with Gasteiger partial charge in [-0.2, -0.15) is 0 Å². The van der Waals surface area contributed by atoms with E-state index in [0.29, 0.717) is 33.1 Å². The number of hydrogen-bond donors (Lipinski definition) is 3. The van der Waals surface area contributed by atoms with Gasteiger partial charge in [-0.3, -0.25) is 19.1 Å². The van der Waals surface area contributed by atoms with Gasteiger partial charge in [0.05, 0.1) is 5.75 Å². The highest BCUT2D eigenvalue weighted by Crippen LogP contribution is 2.24. The molecule has 168 valence electrons. The minimum atomic E-state index is -0.626. The maximum absolute atomic E-state index is 13.3. The largest absolute Gasteiger partial charge is 0.325 e. The number of nitrogens with zero attached hydrogens (tertiary/aromatic N) is 3. The van der Waals surface area contributed by atoms with Crippen molar-refractivity contribution in [2.75, 3.05) is 11.1 Å². The fourth-order valence-corrected chi connectivity index (χ4v) is 3.93. The van der Waals surface area contributed by atoms with Gasteiger partial charge in [-0.1, -0.05) is 29.4 Å². The van der Waals surface area contributed by atoms with E-state index in [1.165, 1.54) is 24.3 Å². The first-order valence-electron chi connectivity index (χ1n) is 9.58. The van der Waals surface area contributed by atoms with Crippen molar-refractivity contribution in [1.29, 1.82) is 0 Å². The molecule has 3 N–H and O–H groups in total. The SMILES string of the molecule is O=C(CSc1nnc(Cc2cc(=O)[nH]c(=O)[nH]2)n1-c1ccc(Cl)cc1)Nc1cccc(F)c1. The summed E-state index contributed by atoms with van der Waals surface area (Å²) in [6.07, 6.45) is 0.116. The number of rotatable bonds is 7. The van der Waals surface area contributed by atoms with E-state index in [2.05, 4.69) is 25.5 Å². The second-order valence-corrected chi connectivity index (χ2v) is 8.23. The highest BCUT2D eigenvalue weighted by atomic mass is 35.5. The van der Waals surface area contributed by atoms with Gasteiger partial charge in [0.1, 0.15) is 11.6 Å². The molecule has 0 bridgehead atoms. The molecule has 4 rings (SSSR count). The standard InChI is InChI=1S/C21H16ClFN6O3S/c22-12-4-6-16(7-5-12)29-17(9-15-10-18(30)26-20(32)25-15)27-28-21(29)33-11-19(31)24-14-3-1-2-13(23)8-14/h1-8,10H,9,11H2,(H,24,31)(H2,25,26,30,32). The summed E-state index contributed by atoms with van der Waals surface area (Å²) in [4.78, 5) is 40.3. The van der Waals surface area contributed by atoms with E-state index in [0.717, 1.165) is 11.8 Å². The lowest BCUT2D eigenvalue weighted by molar-refractivity contribution is -0.113. The van der Waals surface area contributed by atoms with Crippen LogP contribution in [0.2, 0.25) is 5.02 Å². The van der Waals surface area contributed by atoms with Crippen LogP contribution in [0.1, 0.15) is 11.5 Å². The molecule has 4 aromatic rings. The van der Waals surface area contributed by atoms with Crippen LogP contribution in [0.4, 0.5) is 10.1 Å². The number of carbonyl (C=O) groups is 1. The van der Waals surface area contributed by atoms with Crippen LogP contribution in [0.25, 0.3) is 5.69 Å². The quantitative estimate of drug-likeness (QED) is 0.345. The van der Waals surface area contributed by atoms with Crippen molar-refractivity contribution < 1.29 is 9.18 Å². The third-order valence-corrected chi connectivity index (χ3v) is 5.57. The maximum Gasteiger partial charge on any atom is 0.325 e. The lowest BCUT2D eigenvalue weighted by atomic mass is 10.2. The number of aromatic nitrogens is 5. The van der Waals surface area contributed by atoms with E-state index in [9.17, 15) is 18.8 Å². The zero-order chi connectivity index (χ0) is 23.4. The number of H-pyrrole nitrogens is 2. The van der Waals surface area contributed by atoms with Crippen molar-refractivity contribution in [3.63, 3.8) is 0 Å². The Balaban J connectivity index is 1.59. The van der Waals surface area contributed by atoms with Gasteiger partial charge in [0.2, 0.25) is 5.91 Å². The van der Waals surface area contributed by atoms with Crippen LogP contribution in [0.5, 0.6) is 0 Å². The summed E-state index contributed by atoms with van der Waals surface area (Å²) in [6, 6.07) is 13.8. The Morgan fingerprint density at radius 2 is 1.88 bits per heavy atom. The highest BCUT2D eigenvalue weighted by molar-refractivity contribution is 7.99. The van der Waals surface area contributed by atoms with E-state index >= 15 is 0 Å². The van der Waals surface area contributed by atoms with Crippen LogP contribution in [0.3, 0.4) is 0 Å². The predicted molar refractivity (Wildman–Crippen MR) is 123 cm³/mol. The molecule has 0 aliphatic carbocycles. The normalized spacial score (nSPS) is 10.8. The molecule has 0 saturated heterocycles. The van der Waals surface area contributed by atoms with Crippen LogP contribution >= 0.6 is 23.4 Å². The van der Waals surface area contributed by atoms with Gasteiger partial charge in [0.25, 0.3) is 5.56 Å². The number of hydrogen-bond acceptors (Lipinski definition) is 6. The number of nitrogens with one attached hydrogen (secondary N) is 3. The molecule has 0 saturated carbocycles. The number of carbonyl (C=O) groups excluding carboxylic acids is 1. The minimum Gasteiger partial charge on any atom is -0.325 e. The molecule has 0 spiro atoms. The maximum atomic E-state index is 13.3. The summed E-state index contributed by atoms with van der Waals surface area (Å²) in [5, 5.41) is 11.9. The molecule has 2 aromatic carbocycles. The molecule has 2 aromatic heterocycles. The zero-order valence-electron chi connectivity index (χ0n) is 16.8. The third kappa shape index (κ3) is 5.76. The molecule has 0 aliphatic heterocycles. The molecule has 2 heterocycles. The monoisotopic (exact) mass is 486 g/mol. The van der Waals surface area contributed by atoms with Crippen LogP contribution in [-0.2, 0) is 11.2 Å². The molecular formula is C21H16ClFN6O3S. The first-order valence-corrected chi connectivity index (χ1v) is 10.9. The highest BCUT2D eigenvalue weighted by Gasteiger charge is 2.17. The third-order valence-electron chi connectivity index (χ3n) is 4.39. The average Bonchev–Trinajstić information content (AvgIpc) is 3.14. The van der Waals surface area contributed by atoms with Crippen molar-refractivity contribution in [3.8, 4) is 5.69 Å². The molecule has 0 atom stereocenters. The van der Waals surface area contributed by atoms with E-state index in [1.807, 2.05) is 0 Å². The molecule has 1 amide bonds. The van der Waals surface area contributed by atoms with Gasteiger partial charge < -0.3 is 10.3 Å². The van der Waals surface area contributed by atoms with E-state index in [1.54, 1.807) is 34.9 Å². The van der Waals surface area contributed by atoms with Crippen LogP contribution in [0, 0.1) is 5.82 Å². The summed E-state index contributed by atoms with van der Waals surface area (Å²) in [5.74, 6) is -0.377. The van der Waals surface area contributed by atoms with Gasteiger partial charge >= 0.3 is 5.69 Å². The number of halogens is 2. The summed E-state index contributed by atoms with van der Waals surface area (Å²) in [6.45, 7) is 0. The van der Waals surface area contributed by atoms with Crippen LogP contribution in [0.15, 0.2) is 69.3 Å². The predicted octanol–water partition coefficient (Wildman–Crippen LogP) is 2.76. The van der Waals surface area contributed by atoms with Gasteiger partial charge in [-0.05, 0) is 42.5 Å². The summed E-state index contributed by atoms with van der Waals surface area (Å²) in [5.41, 5.74) is 0.221. The summed E-state index contributed by atoms with van der Waals surface area (Å²) in [7, 11) is 0. The van der Waals surface area contributed by atoms with E-state index in [-0.39, 0.29) is 18.1 Å². The van der Waals surface area contributed by atoms with Crippen LogP contribution < -0.4 is 16.6 Å². The van der Waals surface area contributed by atoms with Crippen molar-refractivity contribution in [3.05, 3.63) is 97.8 Å². The van der Waals surface area contributed by atoms with Crippen molar-refractivity contribution in [2.24, 2.45) is 0 Å². The molecule has 0 radical (unpaired) electrons. The molecule has 0 aliphatic rings. The molecule has 33 heavy (non-hydrogen) atoms. The molecule has 0 fully saturated rings. The number of thioether (sulfide) groups is 1. The fraction of sp³-hybridized carbons (Fsp3) is 0.0952. The lowest BCUT2D eigenvalue weighted by Gasteiger charge is -2.11. The summed E-state index contributed by atoms with van der Waals surface area (Å²) >= 11 is 7.13. The topological polar surface area (TPSA) is 126 Å². The Morgan fingerprint density at radius 1 is 1.09 bits per heavy atom. The number of anilines is 1. The zero-order valence-corrected chi connectivity index (χ0v) is 18.4. The van der Waals surface area contributed by atoms with Gasteiger partial charge in [0.15, 0.2) is 5.16 Å². The van der Waals surface area contributed by atoms with Gasteiger partial charge in [-0.25, -0.2) is 9.18 Å². The molecular weight excluding hydrogens is 471 g/mol. The van der Waals surface area contributed by atoms with Gasteiger partial charge in [0, 0.05) is 34.6 Å². The Hall–Kier alpha value is -3.70. The fourth-order valence-electron chi connectivity index (χ4n) is 3.04. The Morgan fingerprint density at radius 3 is 2.61 bits per heavy atom. The van der Waals surface area contributed by atoms with Crippen molar-refractivity contribution >= 4 is 35.0 Å². The van der Waals surface area contributed by atoms with Crippen LogP contribution in [-0.4, -0.2) is 36.4 Å². The number of amides is 1. The average molecular weight is 487 g/mol. The number of aromatic amines is 2. The van der Waals surface area contributed by atoms with E-state index < -0.39 is 17.1 Å². The number of benzene rings is 2. The van der Waals surface area contributed by atoms with E-state index in [4.69, 9.17) is 11.6 Å². The summed E-state index contributed by atoms with van der Waals surface area (Å²) < 4.78 is 15.0.